The molecule has 5 aromatic rings. The summed E-state index contributed by atoms with van der Waals surface area (Å²) in [5.41, 5.74) is 16.2. The summed E-state index contributed by atoms with van der Waals surface area (Å²) >= 11 is 0. The highest BCUT2D eigenvalue weighted by atomic mass is 15.2. The van der Waals surface area contributed by atoms with Crippen LogP contribution in [-0.2, 0) is 0 Å². The Hall–Kier alpha value is -5.78. The summed E-state index contributed by atoms with van der Waals surface area (Å²) in [6.45, 7) is 0. The van der Waals surface area contributed by atoms with Gasteiger partial charge in [-0.25, -0.2) is 0 Å². The molecule has 46 heavy (non-hydrogen) atoms. The van der Waals surface area contributed by atoms with Crippen molar-refractivity contribution in [2.75, 3.05) is 4.90 Å². The largest absolute Gasteiger partial charge is 0.310 e. The minimum Gasteiger partial charge on any atom is -0.310 e. The maximum Gasteiger partial charge on any atom is 0.0971 e. The Morgan fingerprint density at radius 3 is 2.15 bits per heavy atom. The van der Waals surface area contributed by atoms with Gasteiger partial charge in [0.1, 0.15) is 0 Å². The minimum absolute atomic E-state index is 0.994. The topological polar surface area (TPSA) is 6.48 Å². The number of rotatable bonds is 7. The molecule has 8 rings (SSSR count). The first-order valence-corrected chi connectivity index (χ1v) is 16.2. The van der Waals surface area contributed by atoms with E-state index in [0.29, 0.717) is 0 Å². The highest BCUT2D eigenvalue weighted by molar-refractivity contribution is 5.99. The second-order valence-corrected chi connectivity index (χ2v) is 11.8. The number of benzene rings is 5. The summed E-state index contributed by atoms with van der Waals surface area (Å²) in [6, 6.07) is 43.2. The van der Waals surface area contributed by atoms with Crippen molar-refractivity contribution in [3.8, 4) is 0 Å². The third-order valence-corrected chi connectivity index (χ3v) is 8.95. The number of allylic oxidation sites excluding steroid dienone is 6. The Kier molecular flexibility index (Phi) is 7.43. The summed E-state index contributed by atoms with van der Waals surface area (Å²) in [5.74, 6) is 0. The van der Waals surface area contributed by atoms with Gasteiger partial charge < -0.3 is 9.80 Å². The van der Waals surface area contributed by atoms with E-state index in [1.54, 1.807) is 0 Å². The number of hydrogen-bond donors (Lipinski definition) is 0. The molecule has 0 bridgehead atoms. The van der Waals surface area contributed by atoms with E-state index < -0.39 is 0 Å². The Morgan fingerprint density at radius 1 is 0.543 bits per heavy atom. The lowest BCUT2D eigenvalue weighted by Crippen LogP contribution is -2.35. The lowest BCUT2D eigenvalue weighted by Gasteiger charge is -2.31. The number of nitrogens with zero attached hydrogens (tertiary/aromatic N) is 2. The zero-order valence-corrected chi connectivity index (χ0v) is 25.7. The van der Waals surface area contributed by atoms with Crippen LogP contribution in [0.5, 0.6) is 0 Å². The van der Waals surface area contributed by atoms with Crippen LogP contribution in [-0.4, -0.2) is 4.90 Å². The highest BCUT2D eigenvalue weighted by Gasteiger charge is 2.21. The van der Waals surface area contributed by atoms with Crippen molar-refractivity contribution in [3.63, 3.8) is 0 Å². The van der Waals surface area contributed by atoms with E-state index in [4.69, 9.17) is 0 Å². The van der Waals surface area contributed by atoms with E-state index in [-0.39, 0.29) is 0 Å². The van der Waals surface area contributed by atoms with Crippen LogP contribution in [0.4, 0.5) is 17.1 Å². The maximum absolute atomic E-state index is 3.55. The zero-order chi connectivity index (χ0) is 30.7. The average Bonchev–Trinajstić information content (AvgIpc) is 3.14. The quantitative estimate of drug-likeness (QED) is 0.174. The minimum atomic E-state index is 0.994. The predicted molar refractivity (Wildman–Crippen MR) is 193 cm³/mol. The lowest BCUT2D eigenvalue weighted by atomic mass is 9.99. The molecule has 0 aliphatic heterocycles. The smallest absolute Gasteiger partial charge is 0.0971 e. The molecule has 0 saturated heterocycles. The molecule has 220 valence electrons. The molecule has 2 nitrogen and oxygen atoms in total. The van der Waals surface area contributed by atoms with Gasteiger partial charge in [0.2, 0.25) is 0 Å². The number of para-hydroxylation sites is 1. The molecule has 3 aliphatic carbocycles. The van der Waals surface area contributed by atoms with Crippen molar-refractivity contribution in [2.24, 2.45) is 0 Å². The Balaban J connectivity index is 1.20. The van der Waals surface area contributed by atoms with Gasteiger partial charge in [-0.05, 0) is 96.1 Å². The maximum atomic E-state index is 3.55. The van der Waals surface area contributed by atoms with Crippen LogP contribution in [0, 0.1) is 0 Å². The van der Waals surface area contributed by atoms with E-state index >= 15 is 0 Å². The second-order valence-electron chi connectivity index (χ2n) is 11.8. The fourth-order valence-corrected chi connectivity index (χ4v) is 6.75. The van der Waals surface area contributed by atoms with E-state index in [9.17, 15) is 0 Å². The van der Waals surface area contributed by atoms with Crippen molar-refractivity contribution in [3.05, 3.63) is 191 Å². The van der Waals surface area contributed by atoms with Crippen LogP contribution >= 0.6 is 0 Å². The van der Waals surface area contributed by atoms with Gasteiger partial charge in [0, 0.05) is 38.9 Å². The molecule has 0 atom stereocenters. The summed E-state index contributed by atoms with van der Waals surface area (Å²) in [4.78, 5) is 4.73. The lowest BCUT2D eigenvalue weighted by molar-refractivity contribution is 0.599. The Bertz CT molecular complexity index is 2260. The zero-order valence-electron chi connectivity index (χ0n) is 25.7. The number of fused-ring (bicyclic) bond motifs is 2. The van der Waals surface area contributed by atoms with E-state index in [2.05, 4.69) is 179 Å². The van der Waals surface area contributed by atoms with Gasteiger partial charge in [-0.2, -0.15) is 0 Å². The van der Waals surface area contributed by atoms with Gasteiger partial charge in [-0.15, -0.1) is 0 Å². The molecule has 0 N–H and O–H groups in total. The summed E-state index contributed by atoms with van der Waals surface area (Å²) in [7, 11) is 0. The molecule has 0 amide bonds. The fraction of sp³-hybridized carbons (Fsp3) is 0.0909. The normalized spacial score (nSPS) is 15.0. The van der Waals surface area contributed by atoms with Gasteiger partial charge in [0.15, 0.2) is 0 Å². The van der Waals surface area contributed by atoms with Crippen LogP contribution < -0.4 is 15.3 Å². The van der Waals surface area contributed by atoms with E-state index in [1.807, 2.05) is 0 Å². The predicted octanol–water partition coefficient (Wildman–Crippen LogP) is 9.82. The molecule has 0 aromatic heterocycles. The molecule has 0 radical (unpaired) electrons. The molecule has 3 aliphatic rings. The van der Waals surface area contributed by atoms with Gasteiger partial charge >= 0.3 is 0 Å². The molecule has 5 aromatic carbocycles. The van der Waals surface area contributed by atoms with Gasteiger partial charge in [0.25, 0.3) is 0 Å². The van der Waals surface area contributed by atoms with E-state index in [1.165, 1.54) is 32.6 Å². The third kappa shape index (κ3) is 5.27. The van der Waals surface area contributed by atoms with Crippen LogP contribution in [0.2, 0.25) is 0 Å². The summed E-state index contributed by atoms with van der Waals surface area (Å²) < 4.78 is 0. The standard InChI is InChI=1S/C44H34N2/c1-3-17-37(18-4-1)45(43-23-11-15-35-13-7-9-21-41(35)43)39-29-25-33(26-30-39)34-27-31-40(32-28-34)46(38-19-5-2-6-20-38)44-24-12-16-36-14-8-10-22-42(36)44/h1,3-5,7-11,13-23,25-27,29-31H,2,6,12,24H2. The van der Waals surface area contributed by atoms with Crippen molar-refractivity contribution in [1.29, 1.82) is 0 Å². The van der Waals surface area contributed by atoms with Crippen molar-refractivity contribution in [2.45, 2.75) is 25.7 Å². The van der Waals surface area contributed by atoms with Gasteiger partial charge in [0.05, 0.1) is 11.4 Å². The van der Waals surface area contributed by atoms with E-state index in [0.717, 1.165) is 59.6 Å². The van der Waals surface area contributed by atoms with Crippen LogP contribution in [0.25, 0.3) is 28.1 Å². The Labute approximate surface area is 270 Å². The Morgan fingerprint density at radius 2 is 1.33 bits per heavy atom. The van der Waals surface area contributed by atoms with Gasteiger partial charge in [-0.1, -0.05) is 115 Å². The van der Waals surface area contributed by atoms with Gasteiger partial charge in [-0.3, -0.25) is 0 Å². The molecular weight excluding hydrogens is 556 g/mol. The number of anilines is 3. The highest BCUT2D eigenvalue weighted by Crippen LogP contribution is 2.39. The second kappa shape index (κ2) is 12.3. The van der Waals surface area contributed by atoms with Crippen LogP contribution in [0.15, 0.2) is 175 Å². The molecular formula is C44H34N2. The van der Waals surface area contributed by atoms with Crippen molar-refractivity contribution < 1.29 is 0 Å². The third-order valence-electron chi connectivity index (χ3n) is 8.95. The van der Waals surface area contributed by atoms with Crippen LogP contribution in [0.1, 0.15) is 31.2 Å². The molecule has 0 heterocycles. The SMILES string of the molecule is C1=C=C(N(C2=CCCC=C2)C2=c3ccccc3=CCC2)C=CC=1c1ccc(N(c2ccccc2)c2cccc3ccccc23)cc1. The fourth-order valence-electron chi connectivity index (χ4n) is 6.75. The van der Waals surface area contributed by atoms with Crippen LogP contribution in [0.3, 0.4) is 0 Å². The van der Waals surface area contributed by atoms with Crippen molar-refractivity contribution in [1.82, 2.24) is 4.90 Å². The average molecular weight is 591 g/mol. The molecule has 2 heteroatoms. The summed E-state index contributed by atoms with van der Waals surface area (Å²) in [6.07, 6.45) is 17.8. The first-order valence-electron chi connectivity index (χ1n) is 16.2. The summed E-state index contributed by atoms with van der Waals surface area (Å²) in [5, 5.41) is 5.06. The molecule has 0 fully saturated rings. The molecule has 0 spiro atoms. The first kappa shape index (κ1) is 27.7. The van der Waals surface area contributed by atoms with Crippen molar-refractivity contribution >= 4 is 45.2 Å². The molecule has 0 unspecified atom stereocenters. The monoisotopic (exact) mass is 590 g/mol. The molecule has 0 saturated carbocycles. The number of hydrogen-bond acceptors (Lipinski definition) is 2. The first-order chi connectivity index (χ1) is 22.8.